The maximum Gasteiger partial charge on any atom is 0.0622 e. The highest BCUT2D eigenvalue weighted by Gasteiger charge is 2.21. The first kappa shape index (κ1) is 35.4. The molecule has 67 heavy (non-hydrogen) atoms. The molecule has 308 valence electrons. The molecule has 0 fully saturated rings. The van der Waals surface area contributed by atoms with Crippen molar-refractivity contribution >= 4 is 114 Å². The molecule has 4 aromatic heterocycles. The highest BCUT2D eigenvalue weighted by Crippen LogP contribution is 2.44. The Balaban J connectivity index is 0.799. The second-order valence-corrected chi connectivity index (χ2v) is 18.5. The largest absolute Gasteiger partial charge is 0.309 e. The number of rotatable bonds is 4. The molecule has 0 saturated heterocycles. The summed E-state index contributed by atoms with van der Waals surface area (Å²) in [5.41, 5.74) is 15.8. The van der Waals surface area contributed by atoms with Crippen LogP contribution in [0.15, 0.2) is 224 Å². The molecule has 0 bridgehead atoms. The van der Waals surface area contributed by atoms with Gasteiger partial charge in [-0.05, 0) is 127 Å². The molecule has 12 aromatic carbocycles. The molecule has 3 heteroatoms. The molecular weight excluding hydrogens is 811 g/mol. The predicted molar refractivity (Wildman–Crippen MR) is 284 cm³/mol. The van der Waals surface area contributed by atoms with Gasteiger partial charge in [-0.1, -0.05) is 152 Å². The first-order valence-electron chi connectivity index (χ1n) is 23.2. The summed E-state index contributed by atoms with van der Waals surface area (Å²) in [6, 6.07) is 83.8. The SMILES string of the molecule is c1cc2ccc3cc(-n4c5ccccc5c5cc(-c6ccc(-c7ccc8c(c7)c7ccccc7n8-c7cc8c9ccccc9n9c%10ccccc%10c(c7)c89)cc6)ccc54)cc4ccc(c1)c2c34. The van der Waals surface area contributed by atoms with Crippen LogP contribution in [-0.2, 0) is 0 Å². The normalized spacial score (nSPS) is 12.5. The third kappa shape index (κ3) is 4.74. The number of benzene rings is 12. The summed E-state index contributed by atoms with van der Waals surface area (Å²) in [5.74, 6) is 0. The van der Waals surface area contributed by atoms with Crippen LogP contribution in [0.25, 0.3) is 148 Å². The number of nitrogens with zero attached hydrogens (tertiary/aromatic N) is 3. The van der Waals surface area contributed by atoms with Crippen molar-refractivity contribution in [2.75, 3.05) is 0 Å². The Morgan fingerprint density at radius 2 is 0.597 bits per heavy atom. The number of hydrogen-bond donors (Lipinski definition) is 0. The zero-order valence-electron chi connectivity index (χ0n) is 36.2. The van der Waals surface area contributed by atoms with Crippen molar-refractivity contribution in [3.05, 3.63) is 224 Å². The molecule has 3 nitrogen and oxygen atoms in total. The summed E-state index contributed by atoms with van der Waals surface area (Å²) in [6.45, 7) is 0. The highest BCUT2D eigenvalue weighted by atomic mass is 15.0. The van der Waals surface area contributed by atoms with Gasteiger partial charge >= 0.3 is 0 Å². The minimum Gasteiger partial charge on any atom is -0.309 e. The van der Waals surface area contributed by atoms with Crippen molar-refractivity contribution in [1.82, 2.24) is 13.5 Å². The van der Waals surface area contributed by atoms with E-state index in [0.29, 0.717) is 0 Å². The number of aromatic nitrogens is 3. The molecule has 0 atom stereocenters. The Kier molecular flexibility index (Phi) is 6.81. The van der Waals surface area contributed by atoms with Gasteiger partial charge in [0.15, 0.2) is 0 Å². The van der Waals surface area contributed by atoms with Gasteiger partial charge in [-0.2, -0.15) is 0 Å². The van der Waals surface area contributed by atoms with Crippen molar-refractivity contribution in [2.45, 2.75) is 0 Å². The number of fused-ring (bicyclic) bond motifs is 12. The average Bonchev–Trinajstić information content (AvgIpc) is 4.12. The maximum absolute atomic E-state index is 2.47. The van der Waals surface area contributed by atoms with Gasteiger partial charge in [0.2, 0.25) is 0 Å². The average molecular weight is 848 g/mol. The first-order valence-corrected chi connectivity index (χ1v) is 23.2. The Morgan fingerprint density at radius 3 is 1.09 bits per heavy atom. The molecular formula is C64H37N3. The molecule has 0 radical (unpaired) electrons. The molecule has 0 aliphatic heterocycles. The second-order valence-electron chi connectivity index (χ2n) is 18.5. The minimum atomic E-state index is 1.18. The quantitative estimate of drug-likeness (QED) is 0.157. The van der Waals surface area contributed by atoms with Crippen LogP contribution in [0.4, 0.5) is 0 Å². The van der Waals surface area contributed by atoms with Crippen LogP contribution >= 0.6 is 0 Å². The van der Waals surface area contributed by atoms with E-state index in [0.717, 1.165) is 0 Å². The number of hydrogen-bond acceptors (Lipinski definition) is 0. The summed E-state index contributed by atoms with van der Waals surface area (Å²) in [6.07, 6.45) is 0. The van der Waals surface area contributed by atoms with E-state index in [4.69, 9.17) is 0 Å². The molecule has 0 amide bonds. The van der Waals surface area contributed by atoms with Gasteiger partial charge in [-0.3, -0.25) is 0 Å². The lowest BCUT2D eigenvalue weighted by molar-refractivity contribution is 1.19. The van der Waals surface area contributed by atoms with Crippen LogP contribution in [0.2, 0.25) is 0 Å². The molecule has 0 N–H and O–H groups in total. The zero-order chi connectivity index (χ0) is 43.5. The van der Waals surface area contributed by atoms with E-state index < -0.39 is 0 Å². The zero-order valence-corrected chi connectivity index (χ0v) is 36.2. The summed E-state index contributed by atoms with van der Waals surface area (Å²) >= 11 is 0. The second kappa shape index (κ2) is 12.9. The van der Waals surface area contributed by atoms with Crippen molar-refractivity contribution < 1.29 is 0 Å². The fourth-order valence-corrected chi connectivity index (χ4v) is 12.1. The maximum atomic E-state index is 2.47. The van der Waals surface area contributed by atoms with Crippen molar-refractivity contribution in [3.8, 4) is 33.6 Å². The molecule has 0 saturated carbocycles. The van der Waals surface area contributed by atoms with Gasteiger partial charge in [0, 0.05) is 54.5 Å². The fourth-order valence-electron chi connectivity index (χ4n) is 12.1. The van der Waals surface area contributed by atoms with Crippen molar-refractivity contribution in [2.24, 2.45) is 0 Å². The van der Waals surface area contributed by atoms with E-state index in [2.05, 4.69) is 238 Å². The predicted octanol–water partition coefficient (Wildman–Crippen LogP) is 17.3. The Bertz CT molecular complexity index is 4580. The van der Waals surface area contributed by atoms with Crippen LogP contribution in [0.3, 0.4) is 0 Å². The van der Waals surface area contributed by atoms with E-state index in [1.54, 1.807) is 0 Å². The van der Waals surface area contributed by atoms with Gasteiger partial charge in [-0.25, -0.2) is 0 Å². The topological polar surface area (TPSA) is 14.3 Å². The standard InChI is InChI=1S/C64H37N3/c1-5-16-56-48(12-1)52-34-42(28-30-60(52)65(56)46-32-44-26-24-40-10-9-11-41-25-27-45(33-46)63(44)62(40)41)38-20-22-39(23-21-38)43-29-31-61-53(35-43)49-13-2-6-17-57(49)66(61)47-36-54-50-14-3-7-18-58(50)67-59-19-8-4-15-51(59)55(37-47)64(54)67/h1-37H. The van der Waals surface area contributed by atoms with Gasteiger partial charge in [0.05, 0.1) is 38.6 Å². The van der Waals surface area contributed by atoms with Crippen LogP contribution in [0, 0.1) is 0 Å². The van der Waals surface area contributed by atoms with Gasteiger partial charge < -0.3 is 13.5 Å². The number of para-hydroxylation sites is 4. The summed E-state index contributed by atoms with van der Waals surface area (Å²) in [5, 5.41) is 18.0. The van der Waals surface area contributed by atoms with Crippen LogP contribution < -0.4 is 0 Å². The highest BCUT2D eigenvalue weighted by molar-refractivity contribution is 6.25. The Hall–Kier alpha value is -8.92. The monoisotopic (exact) mass is 847 g/mol. The van der Waals surface area contributed by atoms with Gasteiger partial charge in [-0.15, -0.1) is 0 Å². The molecule has 4 heterocycles. The lowest BCUT2D eigenvalue weighted by atomic mass is 9.94. The molecule has 16 aromatic rings. The van der Waals surface area contributed by atoms with Crippen molar-refractivity contribution in [1.29, 1.82) is 0 Å². The smallest absolute Gasteiger partial charge is 0.0622 e. The Labute approximate surface area is 383 Å². The molecule has 0 aliphatic rings. The summed E-state index contributed by atoms with van der Waals surface area (Å²) in [4.78, 5) is 0. The lowest BCUT2D eigenvalue weighted by Crippen LogP contribution is -1.95. The summed E-state index contributed by atoms with van der Waals surface area (Å²) < 4.78 is 7.37. The lowest BCUT2D eigenvalue weighted by Gasteiger charge is -2.14. The molecule has 0 aliphatic carbocycles. The van der Waals surface area contributed by atoms with E-state index in [9.17, 15) is 0 Å². The fraction of sp³-hybridized carbons (Fsp3) is 0. The third-order valence-corrected chi connectivity index (χ3v) is 15.0. The van der Waals surface area contributed by atoms with Gasteiger partial charge in [0.25, 0.3) is 0 Å². The van der Waals surface area contributed by atoms with E-state index >= 15 is 0 Å². The molecule has 0 spiro atoms. The van der Waals surface area contributed by atoms with E-state index in [1.165, 1.54) is 148 Å². The van der Waals surface area contributed by atoms with Gasteiger partial charge in [0.1, 0.15) is 0 Å². The van der Waals surface area contributed by atoms with Crippen molar-refractivity contribution in [3.63, 3.8) is 0 Å². The minimum absolute atomic E-state index is 1.18. The van der Waals surface area contributed by atoms with E-state index in [-0.39, 0.29) is 0 Å². The molecule has 16 rings (SSSR count). The summed E-state index contributed by atoms with van der Waals surface area (Å²) in [7, 11) is 0. The first-order chi connectivity index (χ1) is 33.2. The third-order valence-electron chi connectivity index (χ3n) is 15.0. The molecule has 0 unspecified atom stereocenters. The van der Waals surface area contributed by atoms with Crippen LogP contribution in [-0.4, -0.2) is 13.5 Å². The van der Waals surface area contributed by atoms with Crippen LogP contribution in [0.1, 0.15) is 0 Å². The Morgan fingerprint density at radius 1 is 0.224 bits per heavy atom. The van der Waals surface area contributed by atoms with Crippen LogP contribution in [0.5, 0.6) is 0 Å². The van der Waals surface area contributed by atoms with E-state index in [1.807, 2.05) is 0 Å².